The number of rotatable bonds is 4. The molecule has 3 rings (SSSR count). The van der Waals surface area contributed by atoms with Crippen LogP contribution in [0.25, 0.3) is 0 Å². The summed E-state index contributed by atoms with van der Waals surface area (Å²) < 4.78 is 18.0. The predicted molar refractivity (Wildman–Crippen MR) is 89.9 cm³/mol. The van der Waals surface area contributed by atoms with Crippen LogP contribution >= 0.6 is 0 Å². The topological polar surface area (TPSA) is 82.9 Å². The van der Waals surface area contributed by atoms with E-state index in [1.807, 2.05) is 0 Å². The van der Waals surface area contributed by atoms with E-state index in [1.165, 1.54) is 30.5 Å². The Kier molecular flexibility index (Phi) is 5.31. The summed E-state index contributed by atoms with van der Waals surface area (Å²) in [5, 5.41) is 2.52. The number of hydrogen-bond donors (Lipinski definition) is 1. The summed E-state index contributed by atoms with van der Waals surface area (Å²) in [6.07, 6.45) is 1.44. The summed E-state index contributed by atoms with van der Waals surface area (Å²) in [6, 6.07) is 8.34. The van der Waals surface area contributed by atoms with E-state index in [9.17, 15) is 18.8 Å². The SMILES string of the molecule is O=C(NCC(=O)N1CCN(C(=O)c2ccco2)CC1)c1ccc(F)cc1. The monoisotopic (exact) mass is 359 g/mol. The lowest BCUT2D eigenvalue weighted by molar-refractivity contribution is -0.131. The maximum absolute atomic E-state index is 12.9. The Morgan fingerprint density at radius 1 is 1.00 bits per heavy atom. The zero-order valence-electron chi connectivity index (χ0n) is 14.0. The highest BCUT2D eigenvalue weighted by Gasteiger charge is 2.26. The van der Waals surface area contributed by atoms with Crippen LogP contribution in [0.2, 0.25) is 0 Å². The molecule has 0 saturated carbocycles. The highest BCUT2D eigenvalue weighted by atomic mass is 19.1. The molecule has 0 atom stereocenters. The molecule has 2 heterocycles. The summed E-state index contributed by atoms with van der Waals surface area (Å²) >= 11 is 0. The quantitative estimate of drug-likeness (QED) is 0.887. The first-order valence-corrected chi connectivity index (χ1v) is 8.19. The van der Waals surface area contributed by atoms with Crippen LogP contribution < -0.4 is 5.32 Å². The van der Waals surface area contributed by atoms with Gasteiger partial charge in [-0.3, -0.25) is 14.4 Å². The van der Waals surface area contributed by atoms with Gasteiger partial charge in [-0.1, -0.05) is 0 Å². The Balaban J connectivity index is 1.45. The van der Waals surface area contributed by atoms with Crippen molar-refractivity contribution in [3.8, 4) is 0 Å². The third kappa shape index (κ3) is 4.08. The van der Waals surface area contributed by atoms with Crippen LogP contribution in [0.5, 0.6) is 0 Å². The molecular formula is C18H18FN3O4. The van der Waals surface area contributed by atoms with Crippen LogP contribution in [-0.2, 0) is 4.79 Å². The van der Waals surface area contributed by atoms with Gasteiger partial charge in [0.05, 0.1) is 12.8 Å². The highest BCUT2D eigenvalue weighted by Crippen LogP contribution is 2.09. The summed E-state index contributed by atoms with van der Waals surface area (Å²) in [5.41, 5.74) is 0.285. The van der Waals surface area contributed by atoms with E-state index in [-0.39, 0.29) is 29.7 Å². The normalized spacial score (nSPS) is 14.2. The molecule has 0 radical (unpaired) electrons. The summed E-state index contributed by atoms with van der Waals surface area (Å²) in [5.74, 6) is -1.03. The maximum Gasteiger partial charge on any atom is 0.289 e. The van der Waals surface area contributed by atoms with Crippen molar-refractivity contribution < 1.29 is 23.2 Å². The zero-order chi connectivity index (χ0) is 18.5. The van der Waals surface area contributed by atoms with Crippen molar-refractivity contribution in [3.05, 3.63) is 59.8 Å². The van der Waals surface area contributed by atoms with Gasteiger partial charge in [-0.2, -0.15) is 0 Å². The second kappa shape index (κ2) is 7.81. The molecule has 1 fully saturated rings. The summed E-state index contributed by atoms with van der Waals surface area (Å²) in [7, 11) is 0. The van der Waals surface area contributed by atoms with Crippen LogP contribution in [0.1, 0.15) is 20.9 Å². The number of carbonyl (C=O) groups is 3. The number of furan rings is 1. The highest BCUT2D eigenvalue weighted by molar-refractivity contribution is 5.96. The average Bonchev–Trinajstić information content (AvgIpc) is 3.20. The zero-order valence-corrected chi connectivity index (χ0v) is 14.0. The van der Waals surface area contributed by atoms with E-state index in [1.54, 1.807) is 21.9 Å². The van der Waals surface area contributed by atoms with Crippen molar-refractivity contribution >= 4 is 17.7 Å². The maximum atomic E-state index is 12.9. The van der Waals surface area contributed by atoms with E-state index >= 15 is 0 Å². The largest absolute Gasteiger partial charge is 0.459 e. The van der Waals surface area contributed by atoms with Gasteiger partial charge >= 0.3 is 0 Å². The van der Waals surface area contributed by atoms with E-state index in [0.717, 1.165) is 0 Å². The van der Waals surface area contributed by atoms with E-state index in [0.29, 0.717) is 26.2 Å². The van der Waals surface area contributed by atoms with Crippen LogP contribution in [-0.4, -0.2) is 60.2 Å². The number of carbonyl (C=O) groups excluding carboxylic acids is 3. The van der Waals surface area contributed by atoms with Crippen molar-refractivity contribution in [2.75, 3.05) is 32.7 Å². The standard InChI is InChI=1S/C18H18FN3O4/c19-14-5-3-13(4-6-14)17(24)20-12-16(23)21-7-9-22(10-8-21)18(25)15-2-1-11-26-15/h1-6,11H,7-10,12H2,(H,20,24). The van der Waals surface area contributed by atoms with Crippen LogP contribution in [0, 0.1) is 5.82 Å². The average molecular weight is 359 g/mol. The first-order chi connectivity index (χ1) is 12.5. The van der Waals surface area contributed by atoms with Crippen molar-refractivity contribution in [1.29, 1.82) is 0 Å². The molecule has 2 aromatic rings. The summed E-state index contributed by atoms with van der Waals surface area (Å²) in [4.78, 5) is 39.6. The molecule has 1 saturated heterocycles. The lowest BCUT2D eigenvalue weighted by atomic mass is 10.2. The third-order valence-electron chi connectivity index (χ3n) is 4.16. The minimum Gasteiger partial charge on any atom is -0.459 e. The van der Waals surface area contributed by atoms with Crippen molar-refractivity contribution in [1.82, 2.24) is 15.1 Å². The molecule has 26 heavy (non-hydrogen) atoms. The molecule has 1 N–H and O–H groups in total. The van der Waals surface area contributed by atoms with Crippen molar-refractivity contribution in [2.24, 2.45) is 0 Å². The Hall–Kier alpha value is -3.16. The number of benzene rings is 1. The second-order valence-corrected chi connectivity index (χ2v) is 5.84. The molecule has 7 nitrogen and oxygen atoms in total. The number of nitrogens with one attached hydrogen (secondary N) is 1. The van der Waals surface area contributed by atoms with E-state index in [4.69, 9.17) is 4.42 Å². The fourth-order valence-electron chi connectivity index (χ4n) is 2.69. The van der Waals surface area contributed by atoms with Crippen molar-refractivity contribution in [3.63, 3.8) is 0 Å². The third-order valence-corrected chi connectivity index (χ3v) is 4.16. The van der Waals surface area contributed by atoms with Crippen LogP contribution in [0.3, 0.4) is 0 Å². The Bertz CT molecular complexity index is 781. The smallest absolute Gasteiger partial charge is 0.289 e. The van der Waals surface area contributed by atoms with Gasteiger partial charge in [0, 0.05) is 31.7 Å². The van der Waals surface area contributed by atoms with Gasteiger partial charge in [0.15, 0.2) is 5.76 Å². The fraction of sp³-hybridized carbons (Fsp3) is 0.278. The predicted octanol–water partition coefficient (Wildman–Crippen LogP) is 1.13. The van der Waals surface area contributed by atoms with Gasteiger partial charge in [-0.15, -0.1) is 0 Å². The molecule has 1 aromatic heterocycles. The van der Waals surface area contributed by atoms with E-state index in [2.05, 4.69) is 5.32 Å². The van der Waals surface area contributed by atoms with Gasteiger partial charge in [0.1, 0.15) is 5.82 Å². The fourth-order valence-corrected chi connectivity index (χ4v) is 2.69. The minimum atomic E-state index is -0.440. The molecule has 0 aliphatic carbocycles. The lowest BCUT2D eigenvalue weighted by Crippen LogP contribution is -2.52. The molecule has 0 bridgehead atoms. The Morgan fingerprint density at radius 3 is 2.27 bits per heavy atom. The molecular weight excluding hydrogens is 341 g/mol. The molecule has 3 amide bonds. The number of halogens is 1. The van der Waals surface area contributed by atoms with Gasteiger partial charge in [0.2, 0.25) is 5.91 Å². The first kappa shape index (κ1) is 17.7. The van der Waals surface area contributed by atoms with Gasteiger partial charge in [0.25, 0.3) is 11.8 Å². The summed E-state index contributed by atoms with van der Waals surface area (Å²) in [6.45, 7) is 1.42. The van der Waals surface area contributed by atoms with E-state index < -0.39 is 11.7 Å². The molecule has 8 heteroatoms. The minimum absolute atomic E-state index is 0.150. The number of piperazine rings is 1. The Morgan fingerprint density at radius 2 is 1.65 bits per heavy atom. The van der Waals surface area contributed by atoms with Crippen LogP contribution in [0.15, 0.2) is 47.1 Å². The number of amides is 3. The molecule has 1 aromatic carbocycles. The molecule has 1 aliphatic heterocycles. The second-order valence-electron chi connectivity index (χ2n) is 5.84. The lowest BCUT2D eigenvalue weighted by Gasteiger charge is -2.34. The van der Waals surface area contributed by atoms with Crippen molar-refractivity contribution in [2.45, 2.75) is 0 Å². The molecule has 136 valence electrons. The van der Waals surface area contributed by atoms with Gasteiger partial charge < -0.3 is 19.5 Å². The van der Waals surface area contributed by atoms with Gasteiger partial charge in [-0.05, 0) is 36.4 Å². The molecule has 0 spiro atoms. The Labute approximate surface area is 149 Å². The van der Waals surface area contributed by atoms with Gasteiger partial charge in [-0.25, -0.2) is 4.39 Å². The molecule has 1 aliphatic rings. The van der Waals surface area contributed by atoms with Crippen LogP contribution in [0.4, 0.5) is 4.39 Å². The number of nitrogens with zero attached hydrogens (tertiary/aromatic N) is 2. The first-order valence-electron chi connectivity index (χ1n) is 8.19. The number of hydrogen-bond acceptors (Lipinski definition) is 4. The molecule has 0 unspecified atom stereocenters.